The predicted molar refractivity (Wildman–Crippen MR) is 64.8 cm³/mol. The van der Waals surface area contributed by atoms with Crippen LogP contribution >= 0.6 is 0 Å². The summed E-state index contributed by atoms with van der Waals surface area (Å²) in [4.78, 5) is 11.9. The normalized spacial score (nSPS) is 14.2. The molecule has 0 atom stereocenters. The Morgan fingerprint density at radius 3 is 2.88 bits per heavy atom. The van der Waals surface area contributed by atoms with Crippen LogP contribution in [0.5, 0.6) is 11.5 Å². The van der Waals surface area contributed by atoms with Gasteiger partial charge in [-0.05, 0) is 25.6 Å². The molecular formula is C13H17NO3. The van der Waals surface area contributed by atoms with Gasteiger partial charge in [0, 0.05) is 24.0 Å². The highest BCUT2D eigenvalue weighted by molar-refractivity contribution is 5.98. The van der Waals surface area contributed by atoms with Crippen LogP contribution in [0.2, 0.25) is 0 Å². The summed E-state index contributed by atoms with van der Waals surface area (Å²) >= 11 is 0. The van der Waals surface area contributed by atoms with Crippen LogP contribution in [0.1, 0.15) is 28.8 Å². The van der Waals surface area contributed by atoms with Gasteiger partial charge in [0.05, 0.1) is 13.2 Å². The van der Waals surface area contributed by atoms with Gasteiger partial charge in [-0.15, -0.1) is 0 Å². The smallest absolute Gasteiger partial charge is 0.164 e. The fraction of sp³-hybridized carbons (Fsp3) is 0.462. The van der Waals surface area contributed by atoms with Gasteiger partial charge >= 0.3 is 0 Å². The van der Waals surface area contributed by atoms with Gasteiger partial charge in [-0.1, -0.05) is 0 Å². The van der Waals surface area contributed by atoms with Crippen LogP contribution in [0, 0.1) is 6.92 Å². The summed E-state index contributed by atoms with van der Waals surface area (Å²) in [7, 11) is 0. The Bertz CT molecular complexity index is 429. The molecule has 92 valence electrons. The van der Waals surface area contributed by atoms with E-state index in [1.165, 1.54) is 0 Å². The predicted octanol–water partition coefficient (Wildman–Crippen LogP) is 1.69. The average Bonchev–Trinajstić information content (AvgIpc) is 2.55. The molecule has 2 rings (SSSR count). The number of carbonyl (C=O) groups is 1. The van der Waals surface area contributed by atoms with Crippen LogP contribution in [0.15, 0.2) is 12.1 Å². The number of rotatable bonds is 3. The minimum Gasteiger partial charge on any atom is -0.490 e. The van der Waals surface area contributed by atoms with Gasteiger partial charge < -0.3 is 15.2 Å². The first kappa shape index (κ1) is 11.9. The van der Waals surface area contributed by atoms with Crippen molar-refractivity contribution in [2.24, 2.45) is 5.73 Å². The van der Waals surface area contributed by atoms with Crippen molar-refractivity contribution in [2.45, 2.75) is 19.8 Å². The second-order valence-corrected chi connectivity index (χ2v) is 4.08. The van der Waals surface area contributed by atoms with Crippen molar-refractivity contribution in [2.75, 3.05) is 19.8 Å². The molecule has 0 unspecified atom stereocenters. The number of nitrogens with two attached hydrogens (primary N) is 1. The van der Waals surface area contributed by atoms with Gasteiger partial charge in [0.2, 0.25) is 0 Å². The van der Waals surface area contributed by atoms with Crippen LogP contribution in [0.4, 0.5) is 0 Å². The summed E-state index contributed by atoms with van der Waals surface area (Å²) < 4.78 is 11.2. The van der Waals surface area contributed by atoms with E-state index in [-0.39, 0.29) is 5.78 Å². The monoisotopic (exact) mass is 235 g/mol. The van der Waals surface area contributed by atoms with E-state index in [2.05, 4.69) is 0 Å². The quantitative estimate of drug-likeness (QED) is 0.810. The highest BCUT2D eigenvalue weighted by Crippen LogP contribution is 2.35. The highest BCUT2D eigenvalue weighted by Gasteiger charge is 2.18. The van der Waals surface area contributed by atoms with E-state index < -0.39 is 0 Å². The first-order valence-corrected chi connectivity index (χ1v) is 5.86. The number of hydrogen-bond donors (Lipinski definition) is 1. The van der Waals surface area contributed by atoms with E-state index in [1.807, 2.05) is 6.92 Å². The molecule has 4 nitrogen and oxygen atoms in total. The molecule has 0 aromatic heterocycles. The van der Waals surface area contributed by atoms with E-state index >= 15 is 0 Å². The highest BCUT2D eigenvalue weighted by atomic mass is 16.5. The Hall–Kier alpha value is -1.55. The molecule has 1 heterocycles. The molecule has 2 N–H and O–H groups in total. The van der Waals surface area contributed by atoms with Crippen molar-refractivity contribution in [3.63, 3.8) is 0 Å². The molecule has 0 spiro atoms. The zero-order valence-corrected chi connectivity index (χ0v) is 9.99. The molecule has 0 bridgehead atoms. The molecule has 17 heavy (non-hydrogen) atoms. The third-order valence-electron chi connectivity index (χ3n) is 2.83. The van der Waals surface area contributed by atoms with E-state index in [0.29, 0.717) is 37.5 Å². The molecule has 0 saturated heterocycles. The summed E-state index contributed by atoms with van der Waals surface area (Å²) in [5.74, 6) is 1.48. The fourth-order valence-electron chi connectivity index (χ4n) is 1.94. The zero-order valence-electron chi connectivity index (χ0n) is 9.99. The third kappa shape index (κ3) is 2.42. The lowest BCUT2D eigenvalue weighted by atomic mass is 10.0. The van der Waals surface area contributed by atoms with Gasteiger partial charge in [0.15, 0.2) is 17.3 Å². The third-order valence-corrected chi connectivity index (χ3v) is 2.83. The molecule has 0 fully saturated rings. The molecule has 0 saturated carbocycles. The minimum atomic E-state index is 0.0562. The van der Waals surface area contributed by atoms with E-state index in [0.717, 1.165) is 17.7 Å². The van der Waals surface area contributed by atoms with Crippen LogP contribution < -0.4 is 15.2 Å². The molecule has 1 aromatic rings. The van der Waals surface area contributed by atoms with Crippen molar-refractivity contribution in [1.82, 2.24) is 0 Å². The van der Waals surface area contributed by atoms with E-state index in [1.54, 1.807) is 12.1 Å². The van der Waals surface area contributed by atoms with Gasteiger partial charge in [0.1, 0.15) is 0 Å². The number of carbonyl (C=O) groups excluding carboxylic acids is 1. The van der Waals surface area contributed by atoms with Crippen molar-refractivity contribution >= 4 is 5.78 Å². The summed E-state index contributed by atoms with van der Waals surface area (Å²) in [6, 6.07) is 3.60. The summed E-state index contributed by atoms with van der Waals surface area (Å²) in [5.41, 5.74) is 6.93. The molecule has 4 heteroatoms. The number of benzene rings is 1. The second kappa shape index (κ2) is 5.19. The van der Waals surface area contributed by atoms with Gasteiger partial charge in [-0.2, -0.15) is 0 Å². The SMILES string of the molecule is Cc1c(C(=O)CCN)ccc2c1OCCCO2. The Morgan fingerprint density at radius 1 is 1.35 bits per heavy atom. The van der Waals surface area contributed by atoms with Gasteiger partial charge in [-0.3, -0.25) is 4.79 Å². The zero-order chi connectivity index (χ0) is 12.3. The van der Waals surface area contributed by atoms with E-state index in [9.17, 15) is 4.79 Å². The first-order valence-electron chi connectivity index (χ1n) is 5.86. The van der Waals surface area contributed by atoms with Crippen LogP contribution in [-0.2, 0) is 0 Å². The summed E-state index contributed by atoms with van der Waals surface area (Å²) in [6.45, 7) is 3.54. The number of ether oxygens (including phenoxy) is 2. The lowest BCUT2D eigenvalue weighted by Gasteiger charge is -2.13. The molecule has 0 aliphatic carbocycles. The van der Waals surface area contributed by atoms with E-state index in [4.69, 9.17) is 15.2 Å². The van der Waals surface area contributed by atoms with Crippen LogP contribution in [0.25, 0.3) is 0 Å². The Balaban J connectivity index is 2.37. The summed E-state index contributed by atoms with van der Waals surface area (Å²) in [6.07, 6.45) is 1.22. The lowest BCUT2D eigenvalue weighted by Crippen LogP contribution is -2.10. The molecular weight excluding hydrogens is 218 g/mol. The fourth-order valence-corrected chi connectivity index (χ4v) is 1.94. The molecule has 1 aliphatic rings. The number of hydrogen-bond acceptors (Lipinski definition) is 4. The van der Waals surface area contributed by atoms with Crippen molar-refractivity contribution < 1.29 is 14.3 Å². The van der Waals surface area contributed by atoms with Crippen LogP contribution in [0.3, 0.4) is 0 Å². The van der Waals surface area contributed by atoms with Gasteiger partial charge in [0.25, 0.3) is 0 Å². The largest absolute Gasteiger partial charge is 0.490 e. The standard InChI is InChI=1S/C13H17NO3/c1-9-10(11(15)5-6-14)3-4-12-13(9)17-8-2-7-16-12/h3-4H,2,5-8,14H2,1H3. The Kier molecular flexibility index (Phi) is 3.64. The minimum absolute atomic E-state index is 0.0562. The van der Waals surface area contributed by atoms with Gasteiger partial charge in [-0.25, -0.2) is 0 Å². The Labute approximate surface area is 101 Å². The number of ketones is 1. The Morgan fingerprint density at radius 2 is 2.12 bits per heavy atom. The van der Waals surface area contributed by atoms with Crippen LogP contribution in [-0.4, -0.2) is 25.5 Å². The topological polar surface area (TPSA) is 61.6 Å². The molecule has 0 radical (unpaired) electrons. The lowest BCUT2D eigenvalue weighted by molar-refractivity contribution is 0.0984. The molecule has 0 amide bonds. The summed E-state index contributed by atoms with van der Waals surface area (Å²) in [5, 5.41) is 0. The molecule has 1 aliphatic heterocycles. The average molecular weight is 235 g/mol. The second-order valence-electron chi connectivity index (χ2n) is 4.08. The maximum Gasteiger partial charge on any atom is 0.164 e. The maximum atomic E-state index is 11.9. The number of fused-ring (bicyclic) bond motifs is 1. The number of Topliss-reactive ketones (excluding diaryl/α,β-unsaturated/α-hetero) is 1. The van der Waals surface area contributed by atoms with Crippen molar-refractivity contribution in [3.8, 4) is 11.5 Å². The van der Waals surface area contributed by atoms with Crippen molar-refractivity contribution in [1.29, 1.82) is 0 Å². The first-order chi connectivity index (χ1) is 8.24. The maximum absolute atomic E-state index is 11.9. The molecule has 1 aromatic carbocycles. The van der Waals surface area contributed by atoms with Crippen molar-refractivity contribution in [3.05, 3.63) is 23.3 Å².